The van der Waals surface area contributed by atoms with E-state index in [0.717, 1.165) is 73.5 Å². The van der Waals surface area contributed by atoms with Gasteiger partial charge in [0.2, 0.25) is 0 Å². The summed E-state index contributed by atoms with van der Waals surface area (Å²) in [5, 5.41) is 9.31. The number of imidazole rings is 1. The average Bonchev–Trinajstić information content (AvgIpc) is 3.39. The Morgan fingerprint density at radius 3 is 2.73 bits per heavy atom. The first kappa shape index (κ1) is 32.9. The van der Waals surface area contributed by atoms with Crippen molar-refractivity contribution in [1.82, 2.24) is 24.9 Å². The quantitative estimate of drug-likeness (QED) is 0.235. The molecule has 1 fully saturated rings. The standard InChI is InChI=1S/C33H47N7O4/c1-6-16-39(17-15-35-32(42)44-33(2,3)4)21-24-13-14-29-37-25(23-40(29)22-24)19-36-31(41)26-10-9-11-28(27(26)20-34-5)38-30-12-7-8-18-43-30/h9-11,13-14,20,22-23,30,38H,6-8,12,15-19,21H2,1-5H3,(H,35,42)(H,36,41)/b34-20-. The van der Waals surface area contributed by atoms with Gasteiger partial charge in [-0.2, -0.15) is 0 Å². The van der Waals surface area contributed by atoms with Gasteiger partial charge in [-0.1, -0.05) is 19.1 Å². The number of carbonyl (C=O) groups excluding carboxylic acids is 2. The molecule has 1 aliphatic rings. The van der Waals surface area contributed by atoms with Gasteiger partial charge in [0.05, 0.1) is 17.8 Å². The van der Waals surface area contributed by atoms with Crippen LogP contribution in [0, 0.1) is 0 Å². The molecule has 1 aliphatic heterocycles. The molecule has 0 radical (unpaired) electrons. The van der Waals surface area contributed by atoms with Crippen molar-refractivity contribution in [2.45, 2.75) is 78.3 Å². The summed E-state index contributed by atoms with van der Waals surface area (Å²) in [4.78, 5) is 36.5. The number of rotatable bonds is 13. The number of aromatic nitrogens is 2. The van der Waals surface area contributed by atoms with Crippen molar-refractivity contribution < 1.29 is 19.1 Å². The van der Waals surface area contributed by atoms with Crippen LogP contribution in [0.4, 0.5) is 10.5 Å². The van der Waals surface area contributed by atoms with Crippen molar-refractivity contribution in [2.24, 2.45) is 4.99 Å². The van der Waals surface area contributed by atoms with Gasteiger partial charge < -0.3 is 29.8 Å². The summed E-state index contributed by atoms with van der Waals surface area (Å²) in [6.07, 6.45) is 9.36. The van der Waals surface area contributed by atoms with Crippen molar-refractivity contribution in [3.63, 3.8) is 0 Å². The van der Waals surface area contributed by atoms with Crippen LogP contribution in [0.25, 0.3) is 5.65 Å². The van der Waals surface area contributed by atoms with Crippen LogP contribution in [0.15, 0.2) is 47.7 Å². The van der Waals surface area contributed by atoms with E-state index in [0.29, 0.717) is 25.2 Å². The van der Waals surface area contributed by atoms with Crippen LogP contribution in [-0.2, 0) is 22.6 Å². The largest absolute Gasteiger partial charge is 0.444 e. The van der Waals surface area contributed by atoms with E-state index in [1.54, 1.807) is 19.3 Å². The topological polar surface area (TPSA) is 122 Å². The van der Waals surface area contributed by atoms with Crippen LogP contribution in [0.1, 0.15) is 80.6 Å². The van der Waals surface area contributed by atoms with Gasteiger partial charge in [-0.3, -0.25) is 14.7 Å². The summed E-state index contributed by atoms with van der Waals surface area (Å²) in [6.45, 7) is 11.6. The monoisotopic (exact) mass is 605 g/mol. The zero-order chi connectivity index (χ0) is 31.5. The summed E-state index contributed by atoms with van der Waals surface area (Å²) in [5.41, 5.74) is 4.29. The van der Waals surface area contributed by atoms with E-state index in [4.69, 9.17) is 14.5 Å². The number of pyridine rings is 1. The van der Waals surface area contributed by atoms with E-state index in [2.05, 4.69) is 45.0 Å². The Labute approximate surface area is 260 Å². The minimum Gasteiger partial charge on any atom is -0.444 e. The zero-order valence-electron chi connectivity index (χ0n) is 26.7. The molecule has 1 aromatic carbocycles. The number of ether oxygens (including phenoxy) is 2. The molecule has 0 bridgehead atoms. The van der Waals surface area contributed by atoms with Crippen LogP contribution in [0.2, 0.25) is 0 Å². The number of anilines is 1. The minimum atomic E-state index is -0.519. The van der Waals surface area contributed by atoms with Crippen molar-refractivity contribution in [3.8, 4) is 0 Å². The number of nitrogens with zero attached hydrogens (tertiary/aromatic N) is 4. The highest BCUT2D eigenvalue weighted by molar-refractivity contribution is 6.05. The molecule has 3 heterocycles. The fraction of sp³-hybridized carbons (Fsp3) is 0.515. The average molecular weight is 606 g/mol. The molecule has 0 aliphatic carbocycles. The van der Waals surface area contributed by atoms with Crippen molar-refractivity contribution in [3.05, 3.63) is 65.1 Å². The maximum absolute atomic E-state index is 13.3. The van der Waals surface area contributed by atoms with Gasteiger partial charge in [0.25, 0.3) is 5.91 Å². The van der Waals surface area contributed by atoms with Crippen LogP contribution < -0.4 is 16.0 Å². The second-order valence-electron chi connectivity index (χ2n) is 12.1. The van der Waals surface area contributed by atoms with Gasteiger partial charge in [-0.15, -0.1) is 0 Å². The van der Waals surface area contributed by atoms with E-state index < -0.39 is 11.7 Å². The third-order valence-corrected chi connectivity index (χ3v) is 7.14. The number of fused-ring (bicyclic) bond motifs is 1. The molecular weight excluding hydrogens is 558 g/mol. The van der Waals surface area contributed by atoms with E-state index >= 15 is 0 Å². The van der Waals surface area contributed by atoms with Gasteiger partial charge in [0, 0.05) is 63.1 Å². The molecule has 2 aromatic heterocycles. The fourth-order valence-electron chi connectivity index (χ4n) is 5.20. The van der Waals surface area contributed by atoms with Crippen LogP contribution in [-0.4, -0.2) is 77.6 Å². The Balaban J connectivity index is 1.37. The Hall–Kier alpha value is -3.96. The first-order chi connectivity index (χ1) is 21.1. The minimum absolute atomic E-state index is 0.0723. The number of hydrogen-bond donors (Lipinski definition) is 3. The van der Waals surface area contributed by atoms with Crippen LogP contribution >= 0.6 is 0 Å². The SMILES string of the molecule is CCCN(CCNC(=O)OC(C)(C)C)Cc1ccc2nc(CNC(=O)c3cccc(NC4CCCCO4)c3/C=N\C)cn2c1. The molecule has 238 valence electrons. The molecule has 44 heavy (non-hydrogen) atoms. The van der Waals surface area contributed by atoms with E-state index in [9.17, 15) is 9.59 Å². The van der Waals surface area contributed by atoms with E-state index in [-0.39, 0.29) is 12.1 Å². The predicted octanol–water partition coefficient (Wildman–Crippen LogP) is 4.99. The maximum atomic E-state index is 13.3. The van der Waals surface area contributed by atoms with Crippen molar-refractivity contribution >= 4 is 29.5 Å². The lowest BCUT2D eigenvalue weighted by Crippen LogP contribution is -2.38. The number of amides is 2. The second kappa shape index (κ2) is 15.7. The molecule has 4 rings (SSSR count). The molecule has 0 saturated carbocycles. The highest BCUT2D eigenvalue weighted by Gasteiger charge is 2.19. The number of alkyl carbamates (subject to hydrolysis) is 1. The summed E-state index contributed by atoms with van der Waals surface area (Å²) < 4.78 is 13.2. The lowest BCUT2D eigenvalue weighted by atomic mass is 10.0. The number of aliphatic imine (C=N–C) groups is 1. The number of nitrogens with one attached hydrogen (secondary N) is 3. The molecule has 2 amide bonds. The summed E-state index contributed by atoms with van der Waals surface area (Å²) in [6, 6.07) is 9.68. The lowest BCUT2D eigenvalue weighted by Gasteiger charge is -2.25. The third kappa shape index (κ3) is 9.78. The third-order valence-electron chi connectivity index (χ3n) is 7.14. The molecule has 1 saturated heterocycles. The number of carbonyl (C=O) groups is 2. The number of hydrogen-bond acceptors (Lipinski definition) is 8. The summed E-state index contributed by atoms with van der Waals surface area (Å²) in [7, 11) is 1.70. The van der Waals surface area contributed by atoms with Gasteiger partial charge >= 0.3 is 6.09 Å². The zero-order valence-corrected chi connectivity index (χ0v) is 26.7. The predicted molar refractivity (Wildman–Crippen MR) is 173 cm³/mol. The van der Waals surface area contributed by atoms with Gasteiger partial charge in [0.1, 0.15) is 17.5 Å². The smallest absolute Gasteiger partial charge is 0.407 e. The van der Waals surface area contributed by atoms with Gasteiger partial charge in [-0.25, -0.2) is 9.78 Å². The summed E-state index contributed by atoms with van der Waals surface area (Å²) in [5.74, 6) is -0.193. The van der Waals surface area contributed by atoms with Gasteiger partial charge in [0.15, 0.2) is 0 Å². The molecular formula is C33H47N7O4. The Kier molecular flexibility index (Phi) is 11.7. The highest BCUT2D eigenvalue weighted by Crippen LogP contribution is 2.23. The Bertz CT molecular complexity index is 1420. The Morgan fingerprint density at radius 1 is 1.16 bits per heavy atom. The first-order valence-corrected chi connectivity index (χ1v) is 15.5. The van der Waals surface area contributed by atoms with E-state index in [1.807, 2.05) is 49.6 Å². The first-order valence-electron chi connectivity index (χ1n) is 15.5. The lowest BCUT2D eigenvalue weighted by molar-refractivity contribution is 0.0343. The van der Waals surface area contributed by atoms with Crippen molar-refractivity contribution in [2.75, 3.05) is 38.6 Å². The fourth-order valence-corrected chi connectivity index (χ4v) is 5.20. The maximum Gasteiger partial charge on any atom is 0.407 e. The van der Waals surface area contributed by atoms with E-state index in [1.165, 1.54) is 0 Å². The summed E-state index contributed by atoms with van der Waals surface area (Å²) >= 11 is 0. The molecule has 11 nitrogen and oxygen atoms in total. The molecule has 11 heteroatoms. The molecule has 3 N–H and O–H groups in total. The van der Waals surface area contributed by atoms with Gasteiger partial charge in [-0.05, 0) is 76.8 Å². The van der Waals surface area contributed by atoms with Crippen molar-refractivity contribution in [1.29, 1.82) is 0 Å². The highest BCUT2D eigenvalue weighted by atomic mass is 16.6. The molecule has 1 atom stereocenters. The van der Waals surface area contributed by atoms with Crippen LogP contribution in [0.3, 0.4) is 0 Å². The number of benzene rings is 1. The van der Waals surface area contributed by atoms with Crippen LogP contribution in [0.5, 0.6) is 0 Å². The molecule has 0 spiro atoms. The normalized spacial score (nSPS) is 15.5. The molecule has 1 unspecified atom stereocenters. The Morgan fingerprint density at radius 2 is 2.00 bits per heavy atom. The second-order valence-corrected chi connectivity index (χ2v) is 12.1. The molecule has 3 aromatic rings.